The summed E-state index contributed by atoms with van der Waals surface area (Å²) in [5, 5.41) is 14.7. The van der Waals surface area contributed by atoms with Gasteiger partial charge in [0, 0.05) is 10.4 Å². The molecule has 0 saturated carbocycles. The molecular formula is C19H19N3O2S. The van der Waals surface area contributed by atoms with E-state index < -0.39 is 0 Å². The van der Waals surface area contributed by atoms with Gasteiger partial charge in [-0.1, -0.05) is 30.3 Å². The second-order valence-corrected chi connectivity index (χ2v) is 6.52. The highest BCUT2D eigenvalue weighted by atomic mass is 32.1. The van der Waals surface area contributed by atoms with Gasteiger partial charge in [-0.3, -0.25) is 5.43 Å². The topological polar surface area (TPSA) is 66.7 Å². The average molecular weight is 353 g/mol. The molecule has 25 heavy (non-hydrogen) atoms. The standard InChI is InChI=1S/C19H19N3O2S/c1-3-24-17-11-14(9-10-16(17)23)12-20-22-19-21-18(13(2)25-19)15-7-5-4-6-8-15/h4-12,23H,3H2,1-2H3,(H,21,22)/b20-12-. The average Bonchev–Trinajstić information content (AvgIpc) is 2.99. The molecule has 0 saturated heterocycles. The van der Waals surface area contributed by atoms with E-state index in [0.29, 0.717) is 12.4 Å². The van der Waals surface area contributed by atoms with Crippen molar-refractivity contribution in [3.8, 4) is 22.8 Å². The Morgan fingerprint density at radius 3 is 2.80 bits per heavy atom. The maximum atomic E-state index is 9.72. The molecule has 0 amide bonds. The number of hydrazone groups is 1. The Morgan fingerprint density at radius 2 is 2.04 bits per heavy atom. The molecule has 0 fully saturated rings. The Kier molecular flexibility index (Phi) is 5.30. The van der Waals surface area contributed by atoms with Crippen molar-refractivity contribution in [3.63, 3.8) is 0 Å². The van der Waals surface area contributed by atoms with Crippen LogP contribution in [-0.2, 0) is 0 Å². The number of thiazole rings is 1. The molecule has 0 aliphatic carbocycles. The fourth-order valence-corrected chi connectivity index (χ4v) is 3.14. The van der Waals surface area contributed by atoms with E-state index in [1.54, 1.807) is 35.8 Å². The monoisotopic (exact) mass is 353 g/mol. The summed E-state index contributed by atoms with van der Waals surface area (Å²) in [5.41, 5.74) is 5.84. The third-order valence-electron chi connectivity index (χ3n) is 3.50. The zero-order valence-corrected chi connectivity index (χ0v) is 14.9. The number of aromatic nitrogens is 1. The van der Waals surface area contributed by atoms with Crippen molar-refractivity contribution in [2.45, 2.75) is 13.8 Å². The number of aromatic hydroxyl groups is 1. The summed E-state index contributed by atoms with van der Waals surface area (Å²) in [6, 6.07) is 15.2. The van der Waals surface area contributed by atoms with Crippen LogP contribution in [0.15, 0.2) is 53.6 Å². The van der Waals surface area contributed by atoms with E-state index in [2.05, 4.69) is 15.5 Å². The van der Waals surface area contributed by atoms with E-state index in [9.17, 15) is 5.11 Å². The molecule has 5 nitrogen and oxygen atoms in total. The Balaban J connectivity index is 1.72. The fraction of sp³-hybridized carbons (Fsp3) is 0.158. The lowest BCUT2D eigenvalue weighted by Crippen LogP contribution is -1.94. The smallest absolute Gasteiger partial charge is 0.204 e. The van der Waals surface area contributed by atoms with E-state index >= 15 is 0 Å². The van der Waals surface area contributed by atoms with Crippen LogP contribution in [0.2, 0.25) is 0 Å². The third-order valence-corrected chi connectivity index (χ3v) is 4.38. The maximum absolute atomic E-state index is 9.72. The van der Waals surface area contributed by atoms with Crippen LogP contribution in [-0.4, -0.2) is 22.9 Å². The van der Waals surface area contributed by atoms with E-state index in [1.807, 2.05) is 44.2 Å². The number of benzene rings is 2. The molecule has 128 valence electrons. The number of phenols is 1. The van der Waals surface area contributed by atoms with Gasteiger partial charge in [-0.25, -0.2) is 4.98 Å². The van der Waals surface area contributed by atoms with Crippen molar-refractivity contribution in [1.29, 1.82) is 0 Å². The molecule has 6 heteroatoms. The fourth-order valence-electron chi connectivity index (χ4n) is 2.35. The van der Waals surface area contributed by atoms with Crippen LogP contribution in [0.4, 0.5) is 5.13 Å². The summed E-state index contributed by atoms with van der Waals surface area (Å²) in [6.07, 6.45) is 1.67. The first-order valence-corrected chi connectivity index (χ1v) is 8.76. The first kappa shape index (κ1) is 17.0. The van der Waals surface area contributed by atoms with Crippen molar-refractivity contribution >= 4 is 22.7 Å². The molecule has 2 aromatic carbocycles. The van der Waals surface area contributed by atoms with Crippen LogP contribution < -0.4 is 10.2 Å². The minimum Gasteiger partial charge on any atom is -0.504 e. The second-order valence-electron chi connectivity index (χ2n) is 5.32. The Hall–Kier alpha value is -2.86. The van der Waals surface area contributed by atoms with Gasteiger partial charge in [-0.15, -0.1) is 11.3 Å². The van der Waals surface area contributed by atoms with Crippen LogP contribution in [0, 0.1) is 6.92 Å². The predicted molar refractivity (Wildman–Crippen MR) is 103 cm³/mol. The quantitative estimate of drug-likeness (QED) is 0.499. The molecule has 0 spiro atoms. The molecule has 0 unspecified atom stereocenters. The Bertz CT molecular complexity index is 876. The minimum absolute atomic E-state index is 0.120. The molecule has 0 aliphatic rings. The van der Waals surface area contributed by atoms with E-state index in [-0.39, 0.29) is 5.75 Å². The Labute approximate surface area is 150 Å². The van der Waals surface area contributed by atoms with Crippen LogP contribution >= 0.6 is 11.3 Å². The minimum atomic E-state index is 0.120. The molecule has 0 atom stereocenters. The number of phenolic OH excluding ortho intramolecular Hbond substituents is 1. The molecular weight excluding hydrogens is 334 g/mol. The van der Waals surface area contributed by atoms with Gasteiger partial charge in [0.05, 0.1) is 18.5 Å². The van der Waals surface area contributed by atoms with Crippen molar-refractivity contribution in [2.24, 2.45) is 5.10 Å². The molecule has 0 bridgehead atoms. The van der Waals surface area contributed by atoms with Crippen molar-refractivity contribution in [3.05, 3.63) is 59.0 Å². The SMILES string of the molecule is CCOc1cc(/C=N\Nc2nc(-c3ccccc3)c(C)s2)ccc1O. The summed E-state index contributed by atoms with van der Waals surface area (Å²) in [7, 11) is 0. The summed E-state index contributed by atoms with van der Waals surface area (Å²) in [4.78, 5) is 5.73. The van der Waals surface area contributed by atoms with Gasteiger partial charge in [0.1, 0.15) is 0 Å². The van der Waals surface area contributed by atoms with Crippen LogP contribution in [0.3, 0.4) is 0 Å². The van der Waals surface area contributed by atoms with Crippen LogP contribution in [0.25, 0.3) is 11.3 Å². The molecule has 2 N–H and O–H groups in total. The normalized spacial score (nSPS) is 11.0. The predicted octanol–water partition coefficient (Wildman–Crippen LogP) is 4.67. The molecule has 3 aromatic rings. The number of anilines is 1. The second kappa shape index (κ2) is 7.81. The molecule has 1 aromatic heterocycles. The van der Waals surface area contributed by atoms with Crippen molar-refractivity contribution in [2.75, 3.05) is 12.0 Å². The Morgan fingerprint density at radius 1 is 1.24 bits per heavy atom. The number of ether oxygens (including phenoxy) is 1. The first-order valence-electron chi connectivity index (χ1n) is 7.95. The maximum Gasteiger partial charge on any atom is 0.204 e. The molecule has 0 aliphatic heterocycles. The van der Waals surface area contributed by atoms with E-state index in [4.69, 9.17) is 4.74 Å². The van der Waals surface area contributed by atoms with Gasteiger partial charge in [0.2, 0.25) is 5.13 Å². The van der Waals surface area contributed by atoms with Gasteiger partial charge in [0.25, 0.3) is 0 Å². The van der Waals surface area contributed by atoms with Crippen LogP contribution in [0.1, 0.15) is 17.4 Å². The number of nitrogens with one attached hydrogen (secondary N) is 1. The summed E-state index contributed by atoms with van der Waals surface area (Å²) in [6.45, 7) is 4.41. The number of nitrogens with zero attached hydrogens (tertiary/aromatic N) is 2. The summed E-state index contributed by atoms with van der Waals surface area (Å²) in [5.74, 6) is 0.568. The zero-order valence-electron chi connectivity index (χ0n) is 14.1. The highest BCUT2D eigenvalue weighted by Crippen LogP contribution is 2.30. The summed E-state index contributed by atoms with van der Waals surface area (Å²) >= 11 is 1.56. The van der Waals surface area contributed by atoms with Gasteiger partial charge in [-0.2, -0.15) is 5.10 Å². The van der Waals surface area contributed by atoms with Crippen LogP contribution in [0.5, 0.6) is 11.5 Å². The molecule has 0 radical (unpaired) electrons. The lowest BCUT2D eigenvalue weighted by molar-refractivity contribution is 0.318. The number of rotatable bonds is 6. The largest absolute Gasteiger partial charge is 0.504 e. The number of aryl methyl sites for hydroxylation is 1. The zero-order chi connectivity index (χ0) is 17.6. The lowest BCUT2D eigenvalue weighted by atomic mass is 10.1. The highest BCUT2D eigenvalue weighted by molar-refractivity contribution is 7.15. The van der Waals surface area contributed by atoms with E-state index in [0.717, 1.165) is 26.8 Å². The third kappa shape index (κ3) is 4.16. The molecule has 1 heterocycles. The van der Waals surface area contributed by atoms with Gasteiger partial charge < -0.3 is 9.84 Å². The number of hydrogen-bond donors (Lipinski definition) is 2. The first-order chi connectivity index (χ1) is 12.2. The van der Waals surface area contributed by atoms with Crippen molar-refractivity contribution in [1.82, 2.24) is 4.98 Å². The number of hydrogen-bond acceptors (Lipinski definition) is 6. The highest BCUT2D eigenvalue weighted by Gasteiger charge is 2.08. The van der Waals surface area contributed by atoms with Gasteiger partial charge in [-0.05, 0) is 37.6 Å². The van der Waals surface area contributed by atoms with Gasteiger partial charge in [0.15, 0.2) is 11.5 Å². The summed E-state index contributed by atoms with van der Waals surface area (Å²) < 4.78 is 5.37. The van der Waals surface area contributed by atoms with Crippen molar-refractivity contribution < 1.29 is 9.84 Å². The van der Waals surface area contributed by atoms with Gasteiger partial charge >= 0.3 is 0 Å². The van der Waals surface area contributed by atoms with E-state index in [1.165, 1.54) is 0 Å². The molecule has 3 rings (SSSR count). The lowest BCUT2D eigenvalue weighted by Gasteiger charge is -2.05.